The molecule has 1 aliphatic heterocycles. The van der Waals surface area contributed by atoms with E-state index in [0.717, 1.165) is 40.0 Å². The zero-order valence-electron chi connectivity index (χ0n) is 14.2. The summed E-state index contributed by atoms with van der Waals surface area (Å²) in [5.74, 6) is 0.542. The number of carbonyl (C=O) groups is 1. The van der Waals surface area contributed by atoms with Gasteiger partial charge >= 0.3 is 0 Å². The molecule has 26 heavy (non-hydrogen) atoms. The highest BCUT2D eigenvalue weighted by Crippen LogP contribution is 2.26. The normalized spacial score (nSPS) is 14.8. The number of nitrogens with zero attached hydrogens (tertiary/aromatic N) is 3. The van der Waals surface area contributed by atoms with E-state index in [9.17, 15) is 4.79 Å². The first-order valence-corrected chi connectivity index (χ1v) is 9.92. The Balaban J connectivity index is 1.31. The van der Waals surface area contributed by atoms with Gasteiger partial charge in [-0.3, -0.25) is 4.79 Å². The number of aromatic nitrogens is 2. The van der Waals surface area contributed by atoms with Gasteiger partial charge in [0.2, 0.25) is 5.91 Å². The molecule has 0 bridgehead atoms. The van der Waals surface area contributed by atoms with Crippen LogP contribution in [0.15, 0.2) is 53.7 Å². The minimum absolute atomic E-state index is 0.147. The average molecular weight is 387 g/mol. The molecular weight excluding hydrogens is 368 g/mol. The van der Waals surface area contributed by atoms with Gasteiger partial charge < -0.3 is 14.8 Å². The molecule has 134 valence electrons. The number of halogens is 1. The van der Waals surface area contributed by atoms with Crippen LogP contribution in [0.5, 0.6) is 0 Å². The molecular formula is C19H19ClN4OS. The Labute approximate surface area is 161 Å². The lowest BCUT2D eigenvalue weighted by atomic mass is 10.2. The third-order valence-corrected chi connectivity index (χ3v) is 5.70. The number of piperazine rings is 1. The molecule has 1 aromatic heterocycles. The molecule has 0 spiro atoms. The third-order valence-electron chi connectivity index (χ3n) is 4.53. The summed E-state index contributed by atoms with van der Waals surface area (Å²) >= 11 is 7.73. The number of fused-ring (bicyclic) bond motifs is 1. The van der Waals surface area contributed by atoms with E-state index in [2.05, 4.69) is 14.9 Å². The average Bonchev–Trinajstić information content (AvgIpc) is 3.10. The lowest BCUT2D eigenvalue weighted by Crippen LogP contribution is -2.49. The van der Waals surface area contributed by atoms with Crippen molar-refractivity contribution in [3.05, 3.63) is 53.6 Å². The van der Waals surface area contributed by atoms with Gasteiger partial charge in [0.15, 0.2) is 5.16 Å². The van der Waals surface area contributed by atoms with E-state index in [-0.39, 0.29) is 5.91 Å². The number of hydrogen-bond donors (Lipinski definition) is 1. The van der Waals surface area contributed by atoms with Crippen molar-refractivity contribution in [2.24, 2.45) is 0 Å². The molecule has 0 radical (unpaired) electrons. The molecule has 1 amide bonds. The van der Waals surface area contributed by atoms with E-state index in [1.165, 1.54) is 11.8 Å². The van der Waals surface area contributed by atoms with Gasteiger partial charge in [0, 0.05) is 26.2 Å². The number of nitrogens with one attached hydrogen (secondary N) is 1. The monoisotopic (exact) mass is 386 g/mol. The maximum absolute atomic E-state index is 12.5. The number of anilines is 1. The highest BCUT2D eigenvalue weighted by atomic mass is 35.5. The fourth-order valence-electron chi connectivity index (χ4n) is 3.12. The van der Waals surface area contributed by atoms with E-state index >= 15 is 0 Å². The minimum Gasteiger partial charge on any atom is -0.367 e. The van der Waals surface area contributed by atoms with Gasteiger partial charge in [-0.05, 0) is 24.3 Å². The van der Waals surface area contributed by atoms with Crippen LogP contribution in [-0.2, 0) is 4.79 Å². The predicted molar refractivity (Wildman–Crippen MR) is 107 cm³/mol. The molecule has 0 saturated carbocycles. The van der Waals surface area contributed by atoms with Crippen LogP contribution in [-0.4, -0.2) is 52.7 Å². The highest BCUT2D eigenvalue weighted by Gasteiger charge is 2.22. The van der Waals surface area contributed by atoms with Crippen LogP contribution in [0, 0.1) is 0 Å². The van der Waals surface area contributed by atoms with E-state index in [4.69, 9.17) is 11.6 Å². The van der Waals surface area contributed by atoms with Gasteiger partial charge in [-0.25, -0.2) is 4.98 Å². The topological polar surface area (TPSA) is 52.2 Å². The minimum atomic E-state index is 0.147. The summed E-state index contributed by atoms with van der Waals surface area (Å²) < 4.78 is 0. The summed E-state index contributed by atoms with van der Waals surface area (Å²) in [5.41, 5.74) is 2.96. The molecule has 0 aliphatic carbocycles. The Bertz CT molecular complexity index is 888. The zero-order valence-corrected chi connectivity index (χ0v) is 15.8. The molecule has 1 saturated heterocycles. The predicted octanol–water partition coefficient (Wildman–Crippen LogP) is 3.66. The fourth-order valence-corrected chi connectivity index (χ4v) is 4.17. The molecule has 7 heteroatoms. The number of aromatic amines is 1. The summed E-state index contributed by atoms with van der Waals surface area (Å²) in [6, 6.07) is 15.7. The highest BCUT2D eigenvalue weighted by molar-refractivity contribution is 7.99. The second-order valence-electron chi connectivity index (χ2n) is 6.17. The number of thioether (sulfide) groups is 1. The second kappa shape index (κ2) is 7.60. The van der Waals surface area contributed by atoms with E-state index in [1.807, 2.05) is 53.4 Å². The molecule has 5 nitrogen and oxygen atoms in total. The van der Waals surface area contributed by atoms with E-state index < -0.39 is 0 Å². The number of carbonyl (C=O) groups excluding carboxylic acids is 1. The second-order valence-corrected chi connectivity index (χ2v) is 7.54. The van der Waals surface area contributed by atoms with Crippen molar-refractivity contribution in [1.29, 1.82) is 0 Å². The van der Waals surface area contributed by atoms with Crippen molar-refractivity contribution in [3.63, 3.8) is 0 Å². The maximum Gasteiger partial charge on any atom is 0.233 e. The number of imidazole rings is 1. The quantitative estimate of drug-likeness (QED) is 0.695. The molecule has 3 aromatic rings. The molecule has 2 aromatic carbocycles. The van der Waals surface area contributed by atoms with Crippen molar-refractivity contribution in [1.82, 2.24) is 14.9 Å². The van der Waals surface area contributed by atoms with Gasteiger partial charge in [0.25, 0.3) is 0 Å². The SMILES string of the molecule is O=C(CSc1nc2ccccc2[nH]1)N1CCN(c2ccccc2Cl)CC1. The number of hydrogen-bond acceptors (Lipinski definition) is 4. The summed E-state index contributed by atoms with van der Waals surface area (Å²) in [4.78, 5) is 24.4. The van der Waals surface area contributed by atoms with Gasteiger partial charge in [-0.15, -0.1) is 0 Å². The van der Waals surface area contributed by atoms with Gasteiger partial charge in [0.1, 0.15) is 0 Å². The van der Waals surface area contributed by atoms with Crippen molar-refractivity contribution in [2.75, 3.05) is 36.8 Å². The maximum atomic E-state index is 12.5. The molecule has 1 N–H and O–H groups in total. The first-order chi connectivity index (χ1) is 12.7. The van der Waals surface area contributed by atoms with E-state index in [1.54, 1.807) is 0 Å². The van der Waals surface area contributed by atoms with Crippen LogP contribution in [0.3, 0.4) is 0 Å². The standard InChI is InChI=1S/C19H19ClN4OS/c20-14-5-1-4-8-17(14)23-9-11-24(12-10-23)18(25)13-26-19-21-15-6-2-3-7-16(15)22-19/h1-8H,9-13H2,(H,21,22). The van der Waals surface area contributed by atoms with Crippen LogP contribution >= 0.6 is 23.4 Å². The number of para-hydroxylation sites is 3. The summed E-state index contributed by atoms with van der Waals surface area (Å²) in [6.07, 6.45) is 0. The molecule has 4 rings (SSSR count). The van der Waals surface area contributed by atoms with Crippen LogP contribution in [0.1, 0.15) is 0 Å². The fraction of sp³-hybridized carbons (Fsp3) is 0.263. The van der Waals surface area contributed by atoms with Gasteiger partial charge in [-0.2, -0.15) is 0 Å². The molecule has 0 atom stereocenters. The number of benzene rings is 2. The first-order valence-electron chi connectivity index (χ1n) is 8.55. The van der Waals surface area contributed by atoms with Crippen molar-refractivity contribution < 1.29 is 4.79 Å². The van der Waals surface area contributed by atoms with Crippen molar-refractivity contribution >= 4 is 46.0 Å². The number of H-pyrrole nitrogens is 1. The van der Waals surface area contributed by atoms with Crippen molar-refractivity contribution in [2.45, 2.75) is 5.16 Å². The van der Waals surface area contributed by atoms with Crippen molar-refractivity contribution in [3.8, 4) is 0 Å². The molecule has 1 fully saturated rings. The molecule has 0 unspecified atom stereocenters. The lowest BCUT2D eigenvalue weighted by Gasteiger charge is -2.36. The Morgan fingerprint density at radius 3 is 2.58 bits per heavy atom. The summed E-state index contributed by atoms with van der Waals surface area (Å²) in [5, 5.41) is 1.54. The number of amides is 1. The Morgan fingerprint density at radius 1 is 1.08 bits per heavy atom. The Hall–Kier alpha value is -2.18. The first kappa shape index (κ1) is 17.2. The number of rotatable bonds is 4. The van der Waals surface area contributed by atoms with Crippen LogP contribution in [0.25, 0.3) is 11.0 Å². The Morgan fingerprint density at radius 2 is 1.81 bits per heavy atom. The molecule has 1 aliphatic rings. The lowest BCUT2D eigenvalue weighted by molar-refractivity contribution is -0.128. The summed E-state index contributed by atoms with van der Waals surface area (Å²) in [6.45, 7) is 3.02. The van der Waals surface area contributed by atoms with Crippen LogP contribution < -0.4 is 4.90 Å². The third kappa shape index (κ3) is 3.66. The Kier molecular flexibility index (Phi) is 5.04. The summed E-state index contributed by atoms with van der Waals surface area (Å²) in [7, 11) is 0. The smallest absolute Gasteiger partial charge is 0.233 e. The van der Waals surface area contributed by atoms with Gasteiger partial charge in [0.05, 0.1) is 27.5 Å². The van der Waals surface area contributed by atoms with Gasteiger partial charge in [-0.1, -0.05) is 47.6 Å². The van der Waals surface area contributed by atoms with Crippen LogP contribution in [0.4, 0.5) is 5.69 Å². The largest absolute Gasteiger partial charge is 0.367 e. The molecule has 2 heterocycles. The van der Waals surface area contributed by atoms with Crippen LogP contribution in [0.2, 0.25) is 5.02 Å². The zero-order chi connectivity index (χ0) is 17.9. The van der Waals surface area contributed by atoms with E-state index in [0.29, 0.717) is 18.8 Å².